The fraction of sp³-hybridized carbons (Fsp3) is 0.667. The lowest BCUT2D eigenvalue weighted by atomic mass is 9.99. The van der Waals surface area contributed by atoms with Crippen molar-refractivity contribution in [2.24, 2.45) is 0 Å². The highest BCUT2D eigenvalue weighted by Gasteiger charge is 2.28. The Morgan fingerprint density at radius 3 is 2.10 bits per heavy atom. The van der Waals surface area contributed by atoms with Gasteiger partial charge in [0.15, 0.2) is 0 Å². The van der Waals surface area contributed by atoms with Crippen molar-refractivity contribution in [3.05, 3.63) is 24.3 Å². The summed E-state index contributed by atoms with van der Waals surface area (Å²) >= 11 is 0. The summed E-state index contributed by atoms with van der Waals surface area (Å²) in [7, 11) is 0. The van der Waals surface area contributed by atoms with E-state index in [1.807, 2.05) is 0 Å². The highest BCUT2D eigenvalue weighted by molar-refractivity contribution is 5.57. The number of fused-ring (bicyclic) bond motifs is 1. The zero-order chi connectivity index (χ0) is 14.1. The fourth-order valence-corrected chi connectivity index (χ4v) is 4.24. The van der Waals surface area contributed by atoms with Crippen LogP contribution in [0.25, 0.3) is 0 Å². The molecule has 3 aliphatic rings. The minimum absolute atomic E-state index is 0.797. The molecule has 3 heteroatoms. The second-order valence-electron chi connectivity index (χ2n) is 6.84. The van der Waals surface area contributed by atoms with Gasteiger partial charge in [-0.1, -0.05) is 6.42 Å². The number of hydrogen-bond donors (Lipinski definition) is 0. The highest BCUT2D eigenvalue weighted by atomic mass is 15.3. The summed E-state index contributed by atoms with van der Waals surface area (Å²) in [5.41, 5.74) is 2.83. The van der Waals surface area contributed by atoms with Crippen LogP contribution >= 0.6 is 0 Å². The molecule has 21 heavy (non-hydrogen) atoms. The monoisotopic (exact) mass is 285 g/mol. The highest BCUT2D eigenvalue weighted by Crippen LogP contribution is 2.27. The SMILES string of the molecule is c1cc(N2CCN3CCCCC3C2)ccc1N1CCCC1. The second kappa shape index (κ2) is 5.88. The lowest BCUT2D eigenvalue weighted by molar-refractivity contribution is 0.133. The van der Waals surface area contributed by atoms with Crippen LogP contribution in [-0.4, -0.2) is 50.2 Å². The summed E-state index contributed by atoms with van der Waals surface area (Å²) in [6.45, 7) is 7.47. The van der Waals surface area contributed by atoms with Gasteiger partial charge in [-0.3, -0.25) is 4.90 Å². The van der Waals surface area contributed by atoms with E-state index in [1.165, 1.54) is 82.7 Å². The first-order valence-corrected chi connectivity index (χ1v) is 8.74. The van der Waals surface area contributed by atoms with Gasteiger partial charge in [0.1, 0.15) is 0 Å². The van der Waals surface area contributed by atoms with E-state index in [0.29, 0.717) is 0 Å². The molecule has 0 N–H and O–H groups in total. The van der Waals surface area contributed by atoms with Crippen LogP contribution in [0, 0.1) is 0 Å². The van der Waals surface area contributed by atoms with Gasteiger partial charge in [0, 0.05) is 50.1 Å². The van der Waals surface area contributed by atoms with E-state index in [4.69, 9.17) is 0 Å². The molecule has 3 heterocycles. The molecule has 1 aromatic rings. The number of piperazine rings is 1. The Morgan fingerprint density at radius 2 is 1.33 bits per heavy atom. The molecule has 0 amide bonds. The summed E-state index contributed by atoms with van der Waals surface area (Å²) in [5, 5.41) is 0. The molecule has 0 radical (unpaired) electrons. The maximum Gasteiger partial charge on any atom is 0.0368 e. The van der Waals surface area contributed by atoms with Gasteiger partial charge in [-0.05, 0) is 56.5 Å². The first kappa shape index (κ1) is 13.4. The lowest BCUT2D eigenvalue weighted by Crippen LogP contribution is -2.54. The average Bonchev–Trinajstić information content (AvgIpc) is 3.09. The Labute approximate surface area is 128 Å². The van der Waals surface area contributed by atoms with Crippen LogP contribution < -0.4 is 9.80 Å². The number of anilines is 2. The van der Waals surface area contributed by atoms with Crippen LogP contribution in [0.4, 0.5) is 11.4 Å². The van der Waals surface area contributed by atoms with Gasteiger partial charge in [0.05, 0.1) is 0 Å². The van der Waals surface area contributed by atoms with Crippen LogP contribution in [0.2, 0.25) is 0 Å². The Morgan fingerprint density at radius 1 is 0.667 bits per heavy atom. The largest absolute Gasteiger partial charge is 0.372 e. The van der Waals surface area contributed by atoms with E-state index in [2.05, 4.69) is 39.0 Å². The molecule has 1 aromatic carbocycles. The van der Waals surface area contributed by atoms with Gasteiger partial charge in [-0.15, -0.1) is 0 Å². The van der Waals surface area contributed by atoms with Gasteiger partial charge >= 0.3 is 0 Å². The minimum Gasteiger partial charge on any atom is -0.372 e. The summed E-state index contributed by atoms with van der Waals surface area (Å²) in [6, 6.07) is 10.1. The van der Waals surface area contributed by atoms with E-state index >= 15 is 0 Å². The van der Waals surface area contributed by atoms with Crippen molar-refractivity contribution in [2.45, 2.75) is 38.1 Å². The molecule has 0 spiro atoms. The van der Waals surface area contributed by atoms with Crippen LogP contribution in [0.15, 0.2) is 24.3 Å². The van der Waals surface area contributed by atoms with Gasteiger partial charge < -0.3 is 9.80 Å². The van der Waals surface area contributed by atoms with Crippen molar-refractivity contribution < 1.29 is 0 Å². The molecule has 3 nitrogen and oxygen atoms in total. The quantitative estimate of drug-likeness (QED) is 0.827. The number of piperidine rings is 1. The number of benzene rings is 1. The van der Waals surface area contributed by atoms with Crippen LogP contribution in [0.5, 0.6) is 0 Å². The van der Waals surface area contributed by atoms with E-state index in [9.17, 15) is 0 Å². The van der Waals surface area contributed by atoms with Crippen LogP contribution in [0.3, 0.4) is 0 Å². The molecule has 4 rings (SSSR count). The van der Waals surface area contributed by atoms with Gasteiger partial charge in [-0.25, -0.2) is 0 Å². The molecule has 114 valence electrons. The maximum atomic E-state index is 2.71. The summed E-state index contributed by atoms with van der Waals surface area (Å²) in [4.78, 5) is 7.82. The first-order valence-electron chi connectivity index (χ1n) is 8.74. The minimum atomic E-state index is 0.797. The average molecular weight is 285 g/mol. The normalized spacial score (nSPS) is 27.0. The maximum absolute atomic E-state index is 2.71. The van der Waals surface area contributed by atoms with E-state index in [0.717, 1.165) is 6.04 Å². The Kier molecular flexibility index (Phi) is 3.76. The van der Waals surface area contributed by atoms with E-state index in [-0.39, 0.29) is 0 Å². The number of rotatable bonds is 2. The molecule has 0 aromatic heterocycles. The number of hydrogen-bond acceptors (Lipinski definition) is 3. The van der Waals surface area contributed by atoms with Gasteiger partial charge in [0.25, 0.3) is 0 Å². The predicted molar refractivity (Wildman–Crippen MR) is 89.3 cm³/mol. The lowest BCUT2D eigenvalue weighted by Gasteiger charge is -2.45. The Hall–Kier alpha value is -1.22. The topological polar surface area (TPSA) is 9.72 Å². The molecule has 0 bridgehead atoms. The van der Waals surface area contributed by atoms with E-state index < -0.39 is 0 Å². The van der Waals surface area contributed by atoms with Crippen molar-refractivity contribution in [1.82, 2.24) is 4.90 Å². The number of nitrogens with zero attached hydrogens (tertiary/aromatic N) is 3. The fourth-order valence-electron chi connectivity index (χ4n) is 4.24. The molecular weight excluding hydrogens is 258 g/mol. The third-order valence-corrected chi connectivity index (χ3v) is 5.52. The molecule has 3 aliphatic heterocycles. The van der Waals surface area contributed by atoms with Crippen molar-refractivity contribution >= 4 is 11.4 Å². The van der Waals surface area contributed by atoms with E-state index in [1.54, 1.807) is 0 Å². The van der Waals surface area contributed by atoms with Crippen molar-refractivity contribution in [3.8, 4) is 0 Å². The molecule has 0 aliphatic carbocycles. The molecule has 1 unspecified atom stereocenters. The molecule has 1 atom stereocenters. The summed E-state index contributed by atoms with van der Waals surface area (Å²) < 4.78 is 0. The standard InChI is InChI=1S/C18H27N3/c1-2-10-20-13-14-21(15-18(20)5-1)17-8-6-16(7-9-17)19-11-3-4-12-19/h6-9,18H,1-5,10-15H2. The molecule has 3 fully saturated rings. The summed E-state index contributed by atoms with van der Waals surface area (Å²) in [6.07, 6.45) is 6.92. The third-order valence-electron chi connectivity index (χ3n) is 5.52. The molecular formula is C18H27N3. The zero-order valence-electron chi connectivity index (χ0n) is 13.0. The van der Waals surface area contributed by atoms with Crippen molar-refractivity contribution in [2.75, 3.05) is 49.1 Å². The van der Waals surface area contributed by atoms with Gasteiger partial charge in [0.2, 0.25) is 0 Å². The third kappa shape index (κ3) is 2.76. The molecule has 0 saturated carbocycles. The van der Waals surface area contributed by atoms with Crippen molar-refractivity contribution in [1.29, 1.82) is 0 Å². The molecule has 3 saturated heterocycles. The first-order chi connectivity index (χ1) is 10.4. The van der Waals surface area contributed by atoms with Crippen LogP contribution in [0.1, 0.15) is 32.1 Å². The smallest absolute Gasteiger partial charge is 0.0368 e. The second-order valence-corrected chi connectivity index (χ2v) is 6.84. The predicted octanol–water partition coefficient (Wildman–Crippen LogP) is 2.96. The Bertz CT molecular complexity index is 464. The van der Waals surface area contributed by atoms with Crippen LogP contribution in [-0.2, 0) is 0 Å². The van der Waals surface area contributed by atoms with Gasteiger partial charge in [-0.2, -0.15) is 0 Å². The Balaban J connectivity index is 1.43. The van der Waals surface area contributed by atoms with Crippen molar-refractivity contribution in [3.63, 3.8) is 0 Å². The summed E-state index contributed by atoms with van der Waals surface area (Å²) in [5.74, 6) is 0. The zero-order valence-corrected chi connectivity index (χ0v) is 13.0.